The maximum atomic E-state index is 13.8. The molecule has 0 N–H and O–H groups in total. The minimum Gasteiger partial charge on any atom is -0.303 e. The van der Waals surface area contributed by atoms with Crippen LogP contribution in [0.3, 0.4) is 0 Å². The van der Waals surface area contributed by atoms with E-state index in [-0.39, 0.29) is 22.7 Å². The zero-order valence-electron chi connectivity index (χ0n) is 23.3. The second-order valence-electron chi connectivity index (χ2n) is 11.6. The summed E-state index contributed by atoms with van der Waals surface area (Å²) in [5, 5.41) is 0. The molecular weight excluding hydrogens is 526 g/mol. The molecule has 3 aromatic carbocycles. The molecule has 1 heterocycles. The van der Waals surface area contributed by atoms with Crippen LogP contribution in [-0.2, 0) is 16.4 Å². The largest absolute Gasteiger partial charge is 0.303 e. The normalized spacial score (nSPS) is 22.6. The second-order valence-corrected chi connectivity index (χ2v) is 13.6. The Morgan fingerprint density at radius 2 is 1.60 bits per heavy atom. The Labute approximate surface area is 238 Å². The number of aryl methyl sites for hydroxylation is 1. The topological polar surface area (TPSA) is 40.6 Å². The average Bonchev–Trinajstić information content (AvgIpc) is 3.38. The van der Waals surface area contributed by atoms with E-state index >= 15 is 0 Å². The van der Waals surface area contributed by atoms with Gasteiger partial charge in [-0.15, -0.1) is 0 Å². The average molecular weight is 567 g/mol. The molecule has 0 radical (unpaired) electrons. The van der Waals surface area contributed by atoms with Gasteiger partial charge < -0.3 is 4.90 Å². The Balaban J connectivity index is 1.19. The smallest absolute Gasteiger partial charge is 0.243 e. The van der Waals surface area contributed by atoms with Crippen molar-refractivity contribution >= 4 is 10.0 Å². The van der Waals surface area contributed by atoms with Crippen LogP contribution in [0.15, 0.2) is 83.8 Å². The molecule has 3 atom stereocenters. The molecule has 5 rings (SSSR count). The number of hydrogen-bond donors (Lipinski definition) is 0. The van der Waals surface area contributed by atoms with Crippen LogP contribution in [0, 0.1) is 23.5 Å². The first-order valence-corrected chi connectivity index (χ1v) is 16.0. The highest BCUT2D eigenvalue weighted by atomic mass is 32.2. The van der Waals surface area contributed by atoms with E-state index in [9.17, 15) is 17.2 Å². The third-order valence-electron chi connectivity index (χ3n) is 9.08. The Hall–Kier alpha value is -2.61. The summed E-state index contributed by atoms with van der Waals surface area (Å²) in [6.45, 7) is 3.11. The fraction of sp³-hybridized carbons (Fsp3) is 0.455. The number of nitrogens with zero attached hydrogens (tertiary/aromatic N) is 2. The van der Waals surface area contributed by atoms with Gasteiger partial charge in [0, 0.05) is 19.6 Å². The molecule has 7 heteroatoms. The molecule has 1 saturated heterocycles. The molecule has 214 valence electrons. The van der Waals surface area contributed by atoms with E-state index in [2.05, 4.69) is 29.2 Å². The van der Waals surface area contributed by atoms with Gasteiger partial charge in [-0.1, -0.05) is 55.0 Å². The van der Waals surface area contributed by atoms with Crippen molar-refractivity contribution < 1.29 is 17.2 Å². The predicted molar refractivity (Wildman–Crippen MR) is 156 cm³/mol. The zero-order chi connectivity index (χ0) is 28.1. The van der Waals surface area contributed by atoms with Crippen molar-refractivity contribution in [2.45, 2.75) is 61.8 Å². The Morgan fingerprint density at radius 1 is 0.875 bits per heavy atom. The highest BCUT2D eigenvalue weighted by molar-refractivity contribution is 7.89. The van der Waals surface area contributed by atoms with E-state index in [0.717, 1.165) is 57.3 Å². The van der Waals surface area contributed by atoms with Gasteiger partial charge in [0.05, 0.1) is 4.90 Å². The first-order chi connectivity index (χ1) is 19.3. The summed E-state index contributed by atoms with van der Waals surface area (Å²) < 4.78 is 55.2. The van der Waals surface area contributed by atoms with Crippen molar-refractivity contribution in [3.05, 3.63) is 102 Å². The Bertz CT molecular complexity index is 1340. The van der Waals surface area contributed by atoms with Crippen molar-refractivity contribution in [3.8, 4) is 0 Å². The molecule has 0 aromatic heterocycles. The van der Waals surface area contributed by atoms with Crippen LogP contribution in [0.2, 0.25) is 0 Å². The molecule has 1 aliphatic heterocycles. The van der Waals surface area contributed by atoms with Gasteiger partial charge in [0.2, 0.25) is 10.0 Å². The zero-order valence-corrected chi connectivity index (χ0v) is 24.1. The fourth-order valence-electron chi connectivity index (χ4n) is 6.73. The summed E-state index contributed by atoms with van der Waals surface area (Å²) in [4.78, 5) is 2.58. The first-order valence-electron chi connectivity index (χ1n) is 14.5. The summed E-state index contributed by atoms with van der Waals surface area (Å²) in [5.41, 5.74) is 2.47. The van der Waals surface area contributed by atoms with Crippen molar-refractivity contribution in [1.82, 2.24) is 9.21 Å². The van der Waals surface area contributed by atoms with Crippen LogP contribution in [0.4, 0.5) is 8.78 Å². The van der Waals surface area contributed by atoms with E-state index in [4.69, 9.17) is 0 Å². The van der Waals surface area contributed by atoms with Crippen LogP contribution < -0.4 is 0 Å². The van der Waals surface area contributed by atoms with Crippen LogP contribution in [-0.4, -0.2) is 50.3 Å². The number of rotatable bonds is 10. The standard InChI is InChI=1S/C33H40F2N2O2S/c1-36(40(38,39)32-12-6-11-30(35)22-32)31-21-28(33(23-31)27-9-3-2-4-10-27)24-37-19-17-26(18-20-37)8-5-7-25-13-15-29(34)16-14-25/h2-4,6,9-16,22,26,28,31,33H,5,7-8,17-21,23-24H2,1H3/t28-,31?,33-/m1/s1. The maximum Gasteiger partial charge on any atom is 0.243 e. The van der Waals surface area contributed by atoms with Gasteiger partial charge in [-0.3, -0.25) is 0 Å². The predicted octanol–water partition coefficient (Wildman–Crippen LogP) is 6.88. The van der Waals surface area contributed by atoms with E-state index in [1.54, 1.807) is 19.2 Å². The number of piperidine rings is 1. The Morgan fingerprint density at radius 3 is 2.30 bits per heavy atom. The molecule has 1 saturated carbocycles. The lowest BCUT2D eigenvalue weighted by molar-refractivity contribution is 0.150. The third-order valence-corrected chi connectivity index (χ3v) is 11.0. The highest BCUT2D eigenvalue weighted by Gasteiger charge is 2.41. The minimum absolute atomic E-state index is 0.0104. The van der Waals surface area contributed by atoms with Gasteiger partial charge in [0.25, 0.3) is 0 Å². The van der Waals surface area contributed by atoms with Crippen molar-refractivity contribution in [2.24, 2.45) is 11.8 Å². The van der Waals surface area contributed by atoms with E-state index in [1.807, 2.05) is 18.2 Å². The molecule has 3 aromatic rings. The number of benzene rings is 3. The monoisotopic (exact) mass is 566 g/mol. The molecule has 4 nitrogen and oxygen atoms in total. The lowest BCUT2D eigenvalue weighted by Crippen LogP contribution is -2.38. The SMILES string of the molecule is CN(C1C[C@H](CN2CCC(CCCc3ccc(F)cc3)CC2)[C@@H](c2ccccc2)C1)S(=O)(=O)c1cccc(F)c1. The van der Waals surface area contributed by atoms with Gasteiger partial charge >= 0.3 is 0 Å². The quantitative estimate of drug-likeness (QED) is 0.269. The van der Waals surface area contributed by atoms with Crippen molar-refractivity contribution in [2.75, 3.05) is 26.7 Å². The van der Waals surface area contributed by atoms with E-state index in [0.29, 0.717) is 5.92 Å². The second kappa shape index (κ2) is 12.9. The number of sulfonamides is 1. The lowest BCUT2D eigenvalue weighted by atomic mass is 9.87. The molecule has 0 spiro atoms. The van der Waals surface area contributed by atoms with Gasteiger partial charge in [0.1, 0.15) is 11.6 Å². The van der Waals surface area contributed by atoms with Crippen LogP contribution in [0.5, 0.6) is 0 Å². The summed E-state index contributed by atoms with van der Waals surface area (Å²) in [6.07, 6.45) is 7.25. The number of hydrogen-bond acceptors (Lipinski definition) is 3. The molecule has 0 bridgehead atoms. The molecule has 40 heavy (non-hydrogen) atoms. The van der Waals surface area contributed by atoms with Gasteiger partial charge in [-0.25, -0.2) is 17.2 Å². The summed E-state index contributed by atoms with van der Waals surface area (Å²) in [5.74, 6) is 0.636. The molecular formula is C33H40F2N2O2S. The molecule has 1 unspecified atom stereocenters. The molecule has 0 amide bonds. The highest BCUT2D eigenvalue weighted by Crippen LogP contribution is 2.43. The van der Waals surface area contributed by atoms with E-state index in [1.165, 1.54) is 52.9 Å². The lowest BCUT2D eigenvalue weighted by Gasteiger charge is -2.35. The molecule has 2 aliphatic rings. The van der Waals surface area contributed by atoms with Gasteiger partial charge in [-0.2, -0.15) is 4.31 Å². The van der Waals surface area contributed by atoms with Crippen molar-refractivity contribution in [3.63, 3.8) is 0 Å². The summed E-state index contributed by atoms with van der Waals surface area (Å²) in [6, 6.07) is 22.5. The molecule has 2 fully saturated rings. The minimum atomic E-state index is -3.78. The van der Waals surface area contributed by atoms with Gasteiger partial charge in [0.15, 0.2) is 0 Å². The summed E-state index contributed by atoms with van der Waals surface area (Å²) in [7, 11) is -2.14. The Kier molecular flexibility index (Phi) is 9.34. The molecule has 1 aliphatic carbocycles. The fourth-order valence-corrected chi connectivity index (χ4v) is 8.14. The first kappa shape index (κ1) is 28.9. The number of halogens is 2. The van der Waals surface area contributed by atoms with E-state index < -0.39 is 15.8 Å². The number of likely N-dealkylation sites (tertiary alicyclic amines) is 1. The van der Waals surface area contributed by atoms with Crippen LogP contribution in [0.25, 0.3) is 0 Å². The van der Waals surface area contributed by atoms with Crippen molar-refractivity contribution in [1.29, 1.82) is 0 Å². The van der Waals surface area contributed by atoms with Crippen LogP contribution >= 0.6 is 0 Å². The summed E-state index contributed by atoms with van der Waals surface area (Å²) >= 11 is 0. The van der Waals surface area contributed by atoms with Gasteiger partial charge in [-0.05, 0) is 111 Å². The third kappa shape index (κ3) is 6.99. The van der Waals surface area contributed by atoms with Crippen LogP contribution in [0.1, 0.15) is 55.6 Å². The maximum absolute atomic E-state index is 13.8.